The highest BCUT2D eigenvalue weighted by Crippen LogP contribution is 2.30. The summed E-state index contributed by atoms with van der Waals surface area (Å²) >= 11 is 14.7. The maximum atomic E-state index is 14.7. The third-order valence-electron chi connectivity index (χ3n) is 7.85. The highest BCUT2D eigenvalue weighted by molar-refractivity contribution is 7.98. The predicted molar refractivity (Wildman–Crippen MR) is 199 cm³/mol. The van der Waals surface area contributed by atoms with Crippen molar-refractivity contribution >= 4 is 62.5 Å². The van der Waals surface area contributed by atoms with E-state index in [0.29, 0.717) is 34.5 Å². The van der Waals surface area contributed by atoms with Crippen molar-refractivity contribution in [2.75, 3.05) is 30.3 Å². The molecule has 0 radical (unpaired) electrons. The molecule has 4 rings (SSSR count). The van der Waals surface area contributed by atoms with Crippen LogP contribution in [0.4, 0.5) is 5.69 Å². The highest BCUT2D eigenvalue weighted by atomic mass is 35.5. The van der Waals surface area contributed by atoms with E-state index in [-0.39, 0.29) is 29.5 Å². The average molecular weight is 743 g/mol. The summed E-state index contributed by atoms with van der Waals surface area (Å²) in [6, 6.07) is 26.4. The van der Waals surface area contributed by atoms with E-state index in [9.17, 15) is 18.0 Å². The van der Waals surface area contributed by atoms with Gasteiger partial charge in [-0.1, -0.05) is 72.9 Å². The molecule has 0 fully saturated rings. The molecule has 0 saturated heterocycles. The standard InChI is InChI=1S/C37H41Cl2N3O5S2/c1-4-6-23-40-37(44)35(24-27-11-8-7-9-12-27)41(25-32-33(38)13-10-14-34(32)39)36(43)26-42(28-15-17-29(18-16-28)47-5-2)49(45,46)31-21-19-30(48-3)20-22-31/h7-22,35H,4-6,23-26H2,1-3H3,(H,40,44)/t35-/m1/s1. The summed E-state index contributed by atoms with van der Waals surface area (Å²) in [4.78, 5) is 30.9. The van der Waals surface area contributed by atoms with Crippen LogP contribution in [0.15, 0.2) is 107 Å². The Balaban J connectivity index is 1.82. The Kier molecular flexibility index (Phi) is 14.3. The number of ether oxygens (including phenoxy) is 1. The summed E-state index contributed by atoms with van der Waals surface area (Å²) in [5, 5.41) is 3.62. The summed E-state index contributed by atoms with van der Waals surface area (Å²) in [6.45, 7) is 4.00. The lowest BCUT2D eigenvalue weighted by molar-refractivity contribution is -0.140. The Morgan fingerprint density at radius 1 is 0.878 bits per heavy atom. The second-order valence-electron chi connectivity index (χ2n) is 11.2. The third kappa shape index (κ3) is 10.2. The molecule has 260 valence electrons. The van der Waals surface area contributed by atoms with Crippen molar-refractivity contribution < 1.29 is 22.7 Å². The quantitative estimate of drug-likeness (QED) is 0.0875. The van der Waals surface area contributed by atoms with Gasteiger partial charge in [-0.25, -0.2) is 8.42 Å². The fourth-order valence-corrected chi connectivity index (χ4v) is 7.53. The van der Waals surface area contributed by atoms with Crippen LogP contribution in [0, 0.1) is 0 Å². The number of hydrogen-bond donors (Lipinski definition) is 1. The summed E-state index contributed by atoms with van der Waals surface area (Å²) in [7, 11) is -4.26. The number of anilines is 1. The third-order valence-corrected chi connectivity index (χ3v) is 11.1. The van der Waals surface area contributed by atoms with Crippen LogP contribution in [-0.2, 0) is 32.6 Å². The minimum atomic E-state index is -4.26. The van der Waals surface area contributed by atoms with Gasteiger partial charge in [0.1, 0.15) is 18.3 Å². The van der Waals surface area contributed by atoms with Crippen molar-refractivity contribution in [2.45, 2.75) is 55.5 Å². The van der Waals surface area contributed by atoms with Crippen molar-refractivity contribution in [2.24, 2.45) is 0 Å². The molecule has 0 bridgehead atoms. The molecule has 0 saturated carbocycles. The predicted octanol–water partition coefficient (Wildman–Crippen LogP) is 7.87. The van der Waals surface area contributed by atoms with E-state index in [1.54, 1.807) is 54.6 Å². The van der Waals surface area contributed by atoms with E-state index < -0.39 is 28.5 Å². The van der Waals surface area contributed by atoms with Gasteiger partial charge in [0, 0.05) is 40.0 Å². The molecule has 1 atom stereocenters. The molecule has 4 aromatic rings. The van der Waals surface area contributed by atoms with Crippen molar-refractivity contribution in [3.05, 3.63) is 118 Å². The second kappa shape index (κ2) is 18.3. The van der Waals surface area contributed by atoms with E-state index in [1.807, 2.05) is 50.4 Å². The molecule has 2 amide bonds. The summed E-state index contributed by atoms with van der Waals surface area (Å²) in [5.74, 6) is -0.418. The van der Waals surface area contributed by atoms with Gasteiger partial charge in [-0.2, -0.15) is 0 Å². The molecule has 1 N–H and O–H groups in total. The smallest absolute Gasteiger partial charge is 0.264 e. The van der Waals surface area contributed by atoms with Gasteiger partial charge >= 0.3 is 0 Å². The van der Waals surface area contributed by atoms with Crippen LogP contribution < -0.4 is 14.4 Å². The zero-order chi connectivity index (χ0) is 35.4. The van der Waals surface area contributed by atoms with Crippen LogP contribution in [0.1, 0.15) is 37.8 Å². The lowest BCUT2D eigenvalue weighted by Crippen LogP contribution is -2.53. The Morgan fingerprint density at radius 2 is 1.53 bits per heavy atom. The van der Waals surface area contributed by atoms with Gasteiger partial charge in [0.25, 0.3) is 10.0 Å². The number of amides is 2. The maximum absolute atomic E-state index is 14.7. The SMILES string of the molecule is CCCCNC(=O)[C@@H](Cc1ccccc1)N(Cc1c(Cl)cccc1Cl)C(=O)CN(c1ccc(OCC)cc1)S(=O)(=O)c1ccc(SC)cc1. The first-order valence-electron chi connectivity index (χ1n) is 16.0. The molecule has 0 aliphatic heterocycles. The van der Waals surface area contributed by atoms with Gasteiger partial charge in [0.15, 0.2) is 0 Å². The van der Waals surface area contributed by atoms with Crippen LogP contribution >= 0.6 is 35.0 Å². The zero-order valence-corrected chi connectivity index (χ0v) is 30.9. The number of carbonyl (C=O) groups is 2. The first kappa shape index (κ1) is 38.1. The molecule has 0 heterocycles. The van der Waals surface area contributed by atoms with Crippen molar-refractivity contribution in [3.8, 4) is 5.75 Å². The number of thioether (sulfide) groups is 1. The fourth-order valence-electron chi connectivity index (χ4n) is 5.19. The molecule has 0 unspecified atom stereocenters. The van der Waals surface area contributed by atoms with E-state index in [1.165, 1.54) is 28.8 Å². The number of hydrogen-bond acceptors (Lipinski definition) is 6. The van der Waals surface area contributed by atoms with Gasteiger partial charge in [0.2, 0.25) is 11.8 Å². The van der Waals surface area contributed by atoms with Gasteiger partial charge in [-0.3, -0.25) is 13.9 Å². The minimum Gasteiger partial charge on any atom is -0.494 e. The normalized spacial score (nSPS) is 11.9. The van der Waals surface area contributed by atoms with Crippen LogP contribution in [0.5, 0.6) is 5.75 Å². The number of halogens is 2. The monoisotopic (exact) mass is 741 g/mol. The largest absolute Gasteiger partial charge is 0.494 e. The first-order valence-corrected chi connectivity index (χ1v) is 19.4. The molecule has 0 aliphatic carbocycles. The molecule has 0 aliphatic rings. The molecule has 8 nitrogen and oxygen atoms in total. The van der Waals surface area contributed by atoms with Gasteiger partial charge in [-0.05, 0) is 85.8 Å². The Bertz CT molecular complexity index is 1770. The molecule has 12 heteroatoms. The lowest BCUT2D eigenvalue weighted by atomic mass is 10.0. The molecule has 0 spiro atoms. The number of carbonyl (C=O) groups excluding carboxylic acids is 2. The van der Waals surface area contributed by atoms with E-state index in [2.05, 4.69) is 5.32 Å². The Labute approximate surface area is 303 Å². The molecular formula is C37H41Cl2N3O5S2. The van der Waals surface area contributed by atoms with E-state index >= 15 is 0 Å². The van der Waals surface area contributed by atoms with Crippen molar-refractivity contribution in [1.29, 1.82) is 0 Å². The Morgan fingerprint density at radius 3 is 2.12 bits per heavy atom. The van der Waals surface area contributed by atoms with Crippen LogP contribution in [-0.4, -0.2) is 57.1 Å². The first-order chi connectivity index (χ1) is 23.6. The maximum Gasteiger partial charge on any atom is 0.264 e. The second-order valence-corrected chi connectivity index (χ2v) is 14.7. The molecule has 4 aromatic carbocycles. The summed E-state index contributed by atoms with van der Waals surface area (Å²) in [5.41, 5.74) is 1.53. The molecular weight excluding hydrogens is 701 g/mol. The van der Waals surface area contributed by atoms with E-state index in [0.717, 1.165) is 27.6 Å². The van der Waals surface area contributed by atoms with Crippen LogP contribution in [0.2, 0.25) is 10.0 Å². The average Bonchev–Trinajstić information content (AvgIpc) is 3.10. The van der Waals surface area contributed by atoms with Crippen molar-refractivity contribution in [1.82, 2.24) is 10.2 Å². The van der Waals surface area contributed by atoms with Gasteiger partial charge < -0.3 is 15.0 Å². The lowest BCUT2D eigenvalue weighted by Gasteiger charge is -2.34. The molecule has 49 heavy (non-hydrogen) atoms. The highest BCUT2D eigenvalue weighted by Gasteiger charge is 2.35. The number of sulfonamides is 1. The van der Waals surface area contributed by atoms with Crippen LogP contribution in [0.25, 0.3) is 0 Å². The number of nitrogens with one attached hydrogen (secondary N) is 1. The minimum absolute atomic E-state index is 0.0193. The summed E-state index contributed by atoms with van der Waals surface area (Å²) in [6.07, 6.45) is 3.71. The number of benzene rings is 4. The number of unbranched alkanes of at least 4 members (excludes halogenated alkanes) is 1. The molecule has 0 aromatic heterocycles. The van der Waals surface area contributed by atoms with E-state index in [4.69, 9.17) is 27.9 Å². The van der Waals surface area contributed by atoms with Gasteiger partial charge in [0.05, 0.1) is 17.2 Å². The Hall–Kier alpha value is -3.70. The van der Waals surface area contributed by atoms with Crippen molar-refractivity contribution in [3.63, 3.8) is 0 Å². The number of rotatable bonds is 17. The topological polar surface area (TPSA) is 96.0 Å². The fraction of sp³-hybridized carbons (Fsp3) is 0.297. The van der Waals surface area contributed by atoms with Gasteiger partial charge in [-0.15, -0.1) is 11.8 Å². The van der Waals surface area contributed by atoms with Crippen LogP contribution in [0.3, 0.4) is 0 Å². The summed E-state index contributed by atoms with van der Waals surface area (Å²) < 4.78 is 35.3. The number of nitrogens with zero attached hydrogens (tertiary/aromatic N) is 2. The zero-order valence-electron chi connectivity index (χ0n) is 27.8.